The minimum atomic E-state index is -0.401. The van der Waals surface area contributed by atoms with Crippen molar-refractivity contribution in [2.24, 2.45) is 5.73 Å². The lowest BCUT2D eigenvalue weighted by molar-refractivity contribution is -0.137. The summed E-state index contributed by atoms with van der Waals surface area (Å²) >= 11 is 2.68. The molecular formula is C19H21N3O4S2. The monoisotopic (exact) mass is 419 g/mol. The molecule has 1 aromatic carbocycles. The number of rotatable bonds is 9. The minimum absolute atomic E-state index is 0.160. The number of benzene rings is 1. The van der Waals surface area contributed by atoms with Crippen molar-refractivity contribution in [1.82, 2.24) is 4.98 Å². The molecular weight excluding hydrogens is 398 g/mol. The molecule has 0 fully saturated rings. The van der Waals surface area contributed by atoms with E-state index in [2.05, 4.69) is 10.3 Å². The van der Waals surface area contributed by atoms with E-state index in [0.717, 1.165) is 20.5 Å². The van der Waals surface area contributed by atoms with Crippen LogP contribution in [0, 0.1) is 6.92 Å². The number of amides is 2. The summed E-state index contributed by atoms with van der Waals surface area (Å²) in [5.74, 6) is -0.757. The predicted octanol–water partition coefficient (Wildman–Crippen LogP) is 2.79. The second kappa shape index (κ2) is 10.6. The summed E-state index contributed by atoms with van der Waals surface area (Å²) in [5, 5.41) is 2.81. The van der Waals surface area contributed by atoms with Gasteiger partial charge in [-0.2, -0.15) is 0 Å². The summed E-state index contributed by atoms with van der Waals surface area (Å²) in [6.07, 6.45) is 3.16. The van der Waals surface area contributed by atoms with E-state index in [4.69, 9.17) is 10.5 Å². The summed E-state index contributed by atoms with van der Waals surface area (Å²) < 4.78 is 5.54. The molecule has 148 valence electrons. The molecule has 0 bridgehead atoms. The molecule has 2 rings (SSSR count). The Balaban J connectivity index is 1.84. The Hall–Kier alpha value is -2.65. The molecule has 2 aromatic rings. The summed E-state index contributed by atoms with van der Waals surface area (Å²) in [5.41, 5.74) is 7.45. The van der Waals surface area contributed by atoms with E-state index < -0.39 is 11.9 Å². The van der Waals surface area contributed by atoms with E-state index in [1.165, 1.54) is 29.2 Å². The third kappa shape index (κ3) is 7.16. The largest absolute Gasteiger partial charge is 0.463 e. The Morgan fingerprint density at radius 2 is 2.00 bits per heavy atom. The second-order valence-corrected chi connectivity index (χ2v) is 7.98. The fraction of sp³-hybridized carbons (Fsp3) is 0.263. The number of anilines is 1. The van der Waals surface area contributed by atoms with Gasteiger partial charge in [0.2, 0.25) is 11.8 Å². The Bertz CT molecular complexity index is 876. The summed E-state index contributed by atoms with van der Waals surface area (Å²) in [7, 11) is 0. The van der Waals surface area contributed by atoms with Gasteiger partial charge in [-0.25, -0.2) is 9.78 Å². The van der Waals surface area contributed by atoms with Gasteiger partial charge in [-0.3, -0.25) is 9.59 Å². The molecule has 0 spiro atoms. The molecule has 2 amide bonds. The predicted molar refractivity (Wildman–Crippen MR) is 111 cm³/mol. The summed E-state index contributed by atoms with van der Waals surface area (Å²) in [6.45, 7) is 3.90. The highest BCUT2D eigenvalue weighted by Crippen LogP contribution is 2.27. The molecule has 1 aromatic heterocycles. The molecule has 0 saturated heterocycles. The standard InChI is InChI=1S/C19H21N3O4S2/c1-3-26-18(25)9-6-13-4-7-14(8-5-13)22-17(24)11-27-19-21-12(2)15(28-19)10-16(20)23/h4-9H,3,10-11H2,1-2H3,(H2,20,23)(H,22,24)/b9-6+. The van der Waals surface area contributed by atoms with Crippen LogP contribution in [-0.4, -0.2) is 35.1 Å². The molecule has 0 saturated carbocycles. The first kappa shape index (κ1) is 21.6. The molecule has 0 aliphatic rings. The second-order valence-electron chi connectivity index (χ2n) is 5.68. The van der Waals surface area contributed by atoms with Crippen LogP contribution in [-0.2, 0) is 25.5 Å². The average Bonchev–Trinajstić information content (AvgIpc) is 2.98. The van der Waals surface area contributed by atoms with E-state index >= 15 is 0 Å². The number of ether oxygens (including phenoxy) is 1. The molecule has 0 aliphatic carbocycles. The van der Waals surface area contributed by atoms with Gasteiger partial charge in [0, 0.05) is 16.6 Å². The molecule has 7 nitrogen and oxygen atoms in total. The number of thioether (sulfide) groups is 1. The SMILES string of the molecule is CCOC(=O)/C=C/c1ccc(NC(=O)CSc2nc(C)c(CC(N)=O)s2)cc1. The van der Waals surface area contributed by atoms with Crippen molar-refractivity contribution in [3.8, 4) is 0 Å². The fourth-order valence-corrected chi connectivity index (χ4v) is 4.19. The number of carbonyl (C=O) groups is 3. The quantitative estimate of drug-likeness (QED) is 0.367. The molecule has 0 unspecified atom stereocenters. The fourth-order valence-electron chi connectivity index (χ4n) is 2.14. The van der Waals surface area contributed by atoms with E-state index in [1.54, 1.807) is 37.3 Å². The van der Waals surface area contributed by atoms with E-state index in [0.29, 0.717) is 12.3 Å². The van der Waals surface area contributed by atoms with Gasteiger partial charge in [-0.1, -0.05) is 23.9 Å². The minimum Gasteiger partial charge on any atom is -0.463 e. The van der Waals surface area contributed by atoms with Crippen LogP contribution in [0.3, 0.4) is 0 Å². The first-order valence-electron chi connectivity index (χ1n) is 8.49. The van der Waals surface area contributed by atoms with Crippen molar-refractivity contribution in [2.45, 2.75) is 24.6 Å². The molecule has 0 radical (unpaired) electrons. The van der Waals surface area contributed by atoms with Crippen molar-refractivity contribution in [2.75, 3.05) is 17.7 Å². The van der Waals surface area contributed by atoms with Crippen molar-refractivity contribution < 1.29 is 19.1 Å². The maximum Gasteiger partial charge on any atom is 0.330 e. The average molecular weight is 420 g/mol. The highest BCUT2D eigenvalue weighted by atomic mass is 32.2. The number of nitrogens with one attached hydrogen (secondary N) is 1. The highest BCUT2D eigenvalue weighted by Gasteiger charge is 2.12. The van der Waals surface area contributed by atoms with Crippen LogP contribution in [0.4, 0.5) is 5.69 Å². The van der Waals surface area contributed by atoms with Gasteiger partial charge in [-0.15, -0.1) is 11.3 Å². The van der Waals surface area contributed by atoms with Crippen molar-refractivity contribution in [3.05, 3.63) is 46.5 Å². The van der Waals surface area contributed by atoms with E-state index in [9.17, 15) is 14.4 Å². The van der Waals surface area contributed by atoms with Crippen LogP contribution < -0.4 is 11.1 Å². The van der Waals surface area contributed by atoms with E-state index in [-0.39, 0.29) is 18.1 Å². The Kier molecular flexibility index (Phi) is 8.21. The van der Waals surface area contributed by atoms with Crippen LogP contribution in [0.2, 0.25) is 0 Å². The van der Waals surface area contributed by atoms with Gasteiger partial charge in [0.05, 0.1) is 24.5 Å². The third-order valence-electron chi connectivity index (χ3n) is 3.43. The number of nitrogens with two attached hydrogens (primary N) is 1. The highest BCUT2D eigenvalue weighted by molar-refractivity contribution is 8.01. The smallest absolute Gasteiger partial charge is 0.330 e. The Labute approximate surface area is 171 Å². The topological polar surface area (TPSA) is 111 Å². The number of hydrogen-bond acceptors (Lipinski definition) is 7. The van der Waals surface area contributed by atoms with Gasteiger partial charge in [0.25, 0.3) is 0 Å². The molecule has 28 heavy (non-hydrogen) atoms. The number of thiazole rings is 1. The molecule has 9 heteroatoms. The number of primary amides is 1. The number of esters is 1. The van der Waals surface area contributed by atoms with Gasteiger partial charge in [-0.05, 0) is 37.6 Å². The number of hydrogen-bond donors (Lipinski definition) is 2. The van der Waals surface area contributed by atoms with Gasteiger partial charge in [0.15, 0.2) is 4.34 Å². The van der Waals surface area contributed by atoms with Crippen molar-refractivity contribution in [1.29, 1.82) is 0 Å². The maximum absolute atomic E-state index is 12.1. The maximum atomic E-state index is 12.1. The van der Waals surface area contributed by atoms with Gasteiger partial charge >= 0.3 is 5.97 Å². The normalized spacial score (nSPS) is 10.8. The summed E-state index contributed by atoms with van der Waals surface area (Å²) in [4.78, 5) is 39.6. The first-order chi connectivity index (χ1) is 13.4. The van der Waals surface area contributed by atoms with Gasteiger partial charge in [0.1, 0.15) is 0 Å². The summed E-state index contributed by atoms with van der Waals surface area (Å²) in [6, 6.07) is 7.09. The number of carbonyl (C=O) groups excluding carboxylic acids is 3. The number of aryl methyl sites for hydroxylation is 1. The third-order valence-corrected chi connectivity index (χ3v) is 5.73. The first-order valence-corrected chi connectivity index (χ1v) is 10.3. The lowest BCUT2D eigenvalue weighted by Crippen LogP contribution is -2.13. The molecule has 0 aliphatic heterocycles. The Morgan fingerprint density at radius 3 is 2.64 bits per heavy atom. The zero-order valence-electron chi connectivity index (χ0n) is 15.6. The van der Waals surface area contributed by atoms with Crippen molar-refractivity contribution in [3.63, 3.8) is 0 Å². The zero-order valence-corrected chi connectivity index (χ0v) is 17.2. The van der Waals surface area contributed by atoms with Crippen LogP contribution in [0.5, 0.6) is 0 Å². The lowest BCUT2D eigenvalue weighted by atomic mass is 10.2. The zero-order chi connectivity index (χ0) is 20.5. The van der Waals surface area contributed by atoms with Crippen LogP contribution in [0.1, 0.15) is 23.1 Å². The molecule has 0 atom stereocenters. The van der Waals surface area contributed by atoms with Gasteiger partial charge < -0.3 is 15.8 Å². The molecule has 1 heterocycles. The number of aromatic nitrogens is 1. The van der Waals surface area contributed by atoms with E-state index in [1.807, 2.05) is 6.92 Å². The van der Waals surface area contributed by atoms with Crippen LogP contribution in [0.25, 0.3) is 6.08 Å². The molecule has 3 N–H and O–H groups in total. The number of nitrogens with zero attached hydrogens (tertiary/aromatic N) is 1. The van der Waals surface area contributed by atoms with Crippen molar-refractivity contribution >= 4 is 52.6 Å². The van der Waals surface area contributed by atoms with Crippen LogP contribution in [0.15, 0.2) is 34.7 Å². The lowest BCUT2D eigenvalue weighted by Gasteiger charge is -2.04. The Morgan fingerprint density at radius 1 is 1.29 bits per heavy atom. The van der Waals surface area contributed by atoms with Crippen LogP contribution >= 0.6 is 23.1 Å².